The summed E-state index contributed by atoms with van der Waals surface area (Å²) in [6, 6.07) is 8.20. The smallest absolute Gasteiger partial charge is 0.219 e. The number of nitrogens with one attached hydrogen (secondary N) is 1. The summed E-state index contributed by atoms with van der Waals surface area (Å²) in [7, 11) is 1.67. The lowest BCUT2D eigenvalue weighted by Crippen LogP contribution is -2.17. The molecule has 0 spiro atoms. The van der Waals surface area contributed by atoms with Crippen molar-refractivity contribution in [2.75, 3.05) is 7.05 Å². The lowest BCUT2D eigenvalue weighted by Gasteiger charge is -2.01. The standard InChI is InChI=1S/C11H14BrNO/c1-13-11(14)4-2-3-9-5-7-10(12)8-6-9/h5-8H,2-4H2,1H3,(H,13,14). The van der Waals surface area contributed by atoms with Crippen LogP contribution in [-0.4, -0.2) is 13.0 Å². The summed E-state index contributed by atoms with van der Waals surface area (Å²) in [6.07, 6.45) is 2.47. The van der Waals surface area contributed by atoms with E-state index in [0.29, 0.717) is 6.42 Å². The van der Waals surface area contributed by atoms with Crippen molar-refractivity contribution in [1.82, 2.24) is 5.32 Å². The van der Waals surface area contributed by atoms with Crippen molar-refractivity contribution < 1.29 is 4.79 Å². The number of rotatable bonds is 4. The maximum absolute atomic E-state index is 10.9. The van der Waals surface area contributed by atoms with E-state index in [0.717, 1.165) is 17.3 Å². The van der Waals surface area contributed by atoms with E-state index in [1.807, 2.05) is 12.1 Å². The average Bonchev–Trinajstić information content (AvgIpc) is 2.21. The average molecular weight is 256 g/mol. The minimum Gasteiger partial charge on any atom is -0.359 e. The van der Waals surface area contributed by atoms with Crippen molar-refractivity contribution >= 4 is 21.8 Å². The molecule has 0 fully saturated rings. The second-order valence-corrected chi connectivity index (χ2v) is 4.07. The van der Waals surface area contributed by atoms with Crippen LogP contribution in [0.15, 0.2) is 28.7 Å². The number of hydrogen-bond acceptors (Lipinski definition) is 1. The molecule has 76 valence electrons. The topological polar surface area (TPSA) is 29.1 Å². The van der Waals surface area contributed by atoms with Crippen LogP contribution in [0.3, 0.4) is 0 Å². The predicted octanol–water partition coefficient (Wildman–Crippen LogP) is 2.52. The Morgan fingerprint density at radius 1 is 1.36 bits per heavy atom. The summed E-state index contributed by atoms with van der Waals surface area (Å²) in [5, 5.41) is 2.61. The minimum absolute atomic E-state index is 0.113. The van der Waals surface area contributed by atoms with E-state index in [9.17, 15) is 4.79 Å². The summed E-state index contributed by atoms with van der Waals surface area (Å²) in [5.74, 6) is 0.113. The molecule has 0 saturated carbocycles. The molecule has 0 bridgehead atoms. The van der Waals surface area contributed by atoms with E-state index >= 15 is 0 Å². The molecule has 1 aromatic rings. The predicted molar refractivity (Wildman–Crippen MR) is 61.1 cm³/mol. The highest BCUT2D eigenvalue weighted by Crippen LogP contribution is 2.12. The molecule has 0 saturated heterocycles. The third kappa shape index (κ3) is 3.92. The van der Waals surface area contributed by atoms with Gasteiger partial charge >= 0.3 is 0 Å². The molecule has 1 aromatic carbocycles. The zero-order valence-corrected chi connectivity index (χ0v) is 9.80. The van der Waals surface area contributed by atoms with Gasteiger partial charge in [0.15, 0.2) is 0 Å². The van der Waals surface area contributed by atoms with Gasteiger partial charge in [0, 0.05) is 17.9 Å². The third-order valence-electron chi connectivity index (χ3n) is 2.06. The van der Waals surface area contributed by atoms with Crippen LogP contribution in [0.1, 0.15) is 18.4 Å². The van der Waals surface area contributed by atoms with E-state index in [1.54, 1.807) is 7.05 Å². The second kappa shape index (κ2) is 5.81. The Morgan fingerprint density at radius 2 is 2.00 bits per heavy atom. The van der Waals surface area contributed by atoms with E-state index < -0.39 is 0 Å². The van der Waals surface area contributed by atoms with Crippen LogP contribution in [0.2, 0.25) is 0 Å². The maximum atomic E-state index is 10.9. The van der Waals surface area contributed by atoms with E-state index in [2.05, 4.69) is 33.4 Å². The van der Waals surface area contributed by atoms with Gasteiger partial charge in [0.25, 0.3) is 0 Å². The van der Waals surface area contributed by atoms with Gasteiger partial charge in [-0.15, -0.1) is 0 Å². The Bertz CT molecular complexity index is 295. The lowest BCUT2D eigenvalue weighted by atomic mass is 10.1. The van der Waals surface area contributed by atoms with Crippen LogP contribution in [0.4, 0.5) is 0 Å². The normalized spacial score (nSPS) is 9.86. The number of hydrogen-bond donors (Lipinski definition) is 1. The molecule has 14 heavy (non-hydrogen) atoms. The molecule has 0 atom stereocenters. The Labute approximate surface area is 92.8 Å². The summed E-state index contributed by atoms with van der Waals surface area (Å²) in [6.45, 7) is 0. The molecule has 0 aliphatic heterocycles. The third-order valence-corrected chi connectivity index (χ3v) is 2.59. The maximum Gasteiger partial charge on any atom is 0.219 e. The van der Waals surface area contributed by atoms with Gasteiger partial charge in [0.1, 0.15) is 0 Å². The highest BCUT2D eigenvalue weighted by Gasteiger charge is 1.98. The monoisotopic (exact) mass is 255 g/mol. The fraction of sp³-hybridized carbons (Fsp3) is 0.364. The minimum atomic E-state index is 0.113. The largest absolute Gasteiger partial charge is 0.359 e. The van der Waals surface area contributed by atoms with Gasteiger partial charge in [-0.2, -0.15) is 0 Å². The highest BCUT2D eigenvalue weighted by molar-refractivity contribution is 9.10. The van der Waals surface area contributed by atoms with Crippen molar-refractivity contribution in [1.29, 1.82) is 0 Å². The van der Waals surface area contributed by atoms with Crippen LogP contribution >= 0.6 is 15.9 Å². The summed E-state index contributed by atoms with van der Waals surface area (Å²) >= 11 is 3.38. The number of amides is 1. The van der Waals surface area contributed by atoms with Crippen molar-refractivity contribution in [2.24, 2.45) is 0 Å². The van der Waals surface area contributed by atoms with Crippen LogP contribution in [-0.2, 0) is 11.2 Å². The zero-order chi connectivity index (χ0) is 10.4. The van der Waals surface area contributed by atoms with Gasteiger partial charge in [0.2, 0.25) is 5.91 Å². The molecule has 0 aliphatic carbocycles. The van der Waals surface area contributed by atoms with E-state index in [1.165, 1.54) is 5.56 Å². The van der Waals surface area contributed by atoms with Gasteiger partial charge in [0.05, 0.1) is 0 Å². The summed E-state index contributed by atoms with van der Waals surface area (Å²) < 4.78 is 1.09. The molecule has 0 aliphatic rings. The molecule has 1 rings (SSSR count). The van der Waals surface area contributed by atoms with Gasteiger partial charge < -0.3 is 5.32 Å². The number of carbonyl (C=O) groups is 1. The first-order valence-electron chi connectivity index (χ1n) is 4.67. The molecule has 0 heterocycles. The molecule has 0 aromatic heterocycles. The molecule has 1 N–H and O–H groups in total. The van der Waals surface area contributed by atoms with Crippen LogP contribution in [0, 0.1) is 0 Å². The van der Waals surface area contributed by atoms with Crippen LogP contribution < -0.4 is 5.32 Å². The molecule has 1 amide bonds. The fourth-order valence-electron chi connectivity index (χ4n) is 1.23. The van der Waals surface area contributed by atoms with Crippen LogP contribution in [0.5, 0.6) is 0 Å². The van der Waals surface area contributed by atoms with Gasteiger partial charge in [-0.25, -0.2) is 0 Å². The number of aryl methyl sites for hydroxylation is 1. The number of halogens is 1. The van der Waals surface area contributed by atoms with Crippen molar-refractivity contribution in [2.45, 2.75) is 19.3 Å². The SMILES string of the molecule is CNC(=O)CCCc1ccc(Br)cc1. The Hall–Kier alpha value is -0.830. The summed E-state index contributed by atoms with van der Waals surface area (Å²) in [4.78, 5) is 10.9. The van der Waals surface area contributed by atoms with Gasteiger partial charge in [-0.05, 0) is 30.5 Å². The molecule has 3 heteroatoms. The van der Waals surface area contributed by atoms with Gasteiger partial charge in [-0.3, -0.25) is 4.79 Å². The molecule has 0 unspecified atom stereocenters. The zero-order valence-electron chi connectivity index (χ0n) is 8.22. The van der Waals surface area contributed by atoms with Gasteiger partial charge in [-0.1, -0.05) is 28.1 Å². The first kappa shape index (κ1) is 11.2. The number of carbonyl (C=O) groups excluding carboxylic acids is 1. The van der Waals surface area contributed by atoms with E-state index in [-0.39, 0.29) is 5.91 Å². The van der Waals surface area contributed by atoms with E-state index in [4.69, 9.17) is 0 Å². The first-order valence-corrected chi connectivity index (χ1v) is 5.46. The second-order valence-electron chi connectivity index (χ2n) is 3.15. The molecular formula is C11H14BrNO. The molecule has 2 nitrogen and oxygen atoms in total. The fourth-order valence-corrected chi connectivity index (χ4v) is 1.49. The van der Waals surface area contributed by atoms with Crippen LogP contribution in [0.25, 0.3) is 0 Å². The Kier molecular flexibility index (Phi) is 4.66. The Balaban J connectivity index is 2.31. The first-order chi connectivity index (χ1) is 6.72. The molecule has 0 radical (unpaired) electrons. The molecular weight excluding hydrogens is 242 g/mol. The number of benzene rings is 1. The Morgan fingerprint density at radius 3 is 2.57 bits per heavy atom. The highest BCUT2D eigenvalue weighted by atomic mass is 79.9. The lowest BCUT2D eigenvalue weighted by molar-refractivity contribution is -0.120. The summed E-state index contributed by atoms with van der Waals surface area (Å²) in [5.41, 5.74) is 1.28. The van der Waals surface area contributed by atoms with Crippen molar-refractivity contribution in [3.05, 3.63) is 34.3 Å². The quantitative estimate of drug-likeness (QED) is 0.881. The van der Waals surface area contributed by atoms with Crippen molar-refractivity contribution in [3.63, 3.8) is 0 Å². The van der Waals surface area contributed by atoms with Crippen molar-refractivity contribution in [3.8, 4) is 0 Å².